The molecule has 2 unspecified atom stereocenters. The van der Waals surface area contributed by atoms with Gasteiger partial charge in [0.1, 0.15) is 6.04 Å². The predicted octanol–water partition coefficient (Wildman–Crippen LogP) is 3.29. The third kappa shape index (κ3) is 5.34. The van der Waals surface area contributed by atoms with Crippen molar-refractivity contribution in [2.45, 2.75) is 38.3 Å². The van der Waals surface area contributed by atoms with Crippen molar-refractivity contribution in [3.63, 3.8) is 0 Å². The first-order chi connectivity index (χ1) is 10.6. The molecule has 3 nitrogen and oxygen atoms in total. The van der Waals surface area contributed by atoms with Gasteiger partial charge in [-0.1, -0.05) is 60.7 Å². The summed E-state index contributed by atoms with van der Waals surface area (Å²) in [7, 11) is 0. The fraction of sp³-hybridized carbons (Fsp3) is 0.316. The fourth-order valence-corrected chi connectivity index (χ4v) is 2.55. The van der Waals surface area contributed by atoms with Crippen molar-refractivity contribution in [2.75, 3.05) is 0 Å². The Labute approximate surface area is 132 Å². The van der Waals surface area contributed by atoms with Crippen molar-refractivity contribution in [1.29, 1.82) is 0 Å². The standard InChI is InChI=1S/C19H23NO2/c1-15(19(21)22)20-18(14-17-10-6-3-7-11-17)13-12-16-8-4-2-5-9-16/h2-11,15,18,20H,12-14H2,1H3,(H,21,22). The van der Waals surface area contributed by atoms with Gasteiger partial charge in [0.2, 0.25) is 0 Å². The largest absolute Gasteiger partial charge is 0.480 e. The highest BCUT2D eigenvalue weighted by molar-refractivity contribution is 5.72. The van der Waals surface area contributed by atoms with Crippen LogP contribution in [0.5, 0.6) is 0 Å². The molecule has 0 amide bonds. The zero-order valence-electron chi connectivity index (χ0n) is 12.9. The highest BCUT2D eigenvalue weighted by Crippen LogP contribution is 2.11. The molecule has 0 aliphatic rings. The number of aryl methyl sites for hydroxylation is 1. The van der Waals surface area contributed by atoms with Crippen LogP contribution in [-0.4, -0.2) is 23.2 Å². The SMILES string of the molecule is CC(NC(CCc1ccccc1)Cc1ccccc1)C(=O)O. The van der Waals surface area contributed by atoms with Crippen molar-refractivity contribution in [3.05, 3.63) is 71.8 Å². The van der Waals surface area contributed by atoms with E-state index in [2.05, 4.69) is 29.6 Å². The molecular formula is C19H23NO2. The quantitative estimate of drug-likeness (QED) is 0.786. The first-order valence-electron chi connectivity index (χ1n) is 7.72. The van der Waals surface area contributed by atoms with E-state index in [1.54, 1.807) is 6.92 Å². The number of hydrogen-bond acceptors (Lipinski definition) is 2. The maximum absolute atomic E-state index is 11.1. The zero-order valence-corrected chi connectivity index (χ0v) is 12.9. The van der Waals surface area contributed by atoms with Gasteiger partial charge in [0.25, 0.3) is 0 Å². The Morgan fingerprint density at radius 1 is 1.00 bits per heavy atom. The molecule has 2 N–H and O–H groups in total. The van der Waals surface area contributed by atoms with Crippen LogP contribution < -0.4 is 5.32 Å². The molecule has 2 aromatic carbocycles. The Kier molecular flexibility index (Phi) is 6.16. The average Bonchev–Trinajstić information content (AvgIpc) is 2.54. The van der Waals surface area contributed by atoms with Gasteiger partial charge in [-0.25, -0.2) is 0 Å². The van der Waals surface area contributed by atoms with E-state index in [-0.39, 0.29) is 6.04 Å². The molecule has 0 fully saturated rings. The normalized spacial score (nSPS) is 13.5. The van der Waals surface area contributed by atoms with Gasteiger partial charge in [-0.15, -0.1) is 0 Å². The Hall–Kier alpha value is -2.13. The molecule has 2 atom stereocenters. The molecule has 0 aliphatic heterocycles. The maximum Gasteiger partial charge on any atom is 0.320 e. The monoisotopic (exact) mass is 297 g/mol. The van der Waals surface area contributed by atoms with Crippen LogP contribution in [-0.2, 0) is 17.6 Å². The summed E-state index contributed by atoms with van der Waals surface area (Å²) in [6.07, 6.45) is 2.69. The van der Waals surface area contributed by atoms with Gasteiger partial charge in [0.05, 0.1) is 0 Å². The zero-order chi connectivity index (χ0) is 15.8. The Morgan fingerprint density at radius 3 is 2.09 bits per heavy atom. The minimum Gasteiger partial charge on any atom is -0.480 e. The summed E-state index contributed by atoms with van der Waals surface area (Å²) in [5.41, 5.74) is 2.51. The van der Waals surface area contributed by atoms with Crippen LogP contribution in [0, 0.1) is 0 Å². The molecule has 2 aromatic rings. The molecule has 0 aliphatic carbocycles. The summed E-state index contributed by atoms with van der Waals surface area (Å²) in [4.78, 5) is 11.1. The number of carboxylic acids is 1. The van der Waals surface area contributed by atoms with E-state index < -0.39 is 12.0 Å². The lowest BCUT2D eigenvalue weighted by molar-refractivity contribution is -0.139. The van der Waals surface area contributed by atoms with Crippen molar-refractivity contribution in [2.24, 2.45) is 0 Å². The topological polar surface area (TPSA) is 49.3 Å². The number of carbonyl (C=O) groups is 1. The van der Waals surface area contributed by atoms with E-state index in [1.807, 2.05) is 36.4 Å². The van der Waals surface area contributed by atoms with Crippen molar-refractivity contribution < 1.29 is 9.90 Å². The summed E-state index contributed by atoms with van der Waals surface area (Å²) in [5.74, 6) is -0.808. The first-order valence-corrected chi connectivity index (χ1v) is 7.72. The number of carboxylic acid groups (broad SMARTS) is 1. The van der Waals surface area contributed by atoms with Gasteiger partial charge in [-0.05, 0) is 37.3 Å². The average molecular weight is 297 g/mol. The minimum atomic E-state index is -0.808. The van der Waals surface area contributed by atoms with Crippen LogP contribution in [0.4, 0.5) is 0 Å². The van der Waals surface area contributed by atoms with Gasteiger partial charge >= 0.3 is 5.97 Å². The summed E-state index contributed by atoms with van der Waals surface area (Å²) in [6.45, 7) is 1.70. The van der Waals surface area contributed by atoms with Crippen LogP contribution in [0.15, 0.2) is 60.7 Å². The van der Waals surface area contributed by atoms with Gasteiger partial charge < -0.3 is 10.4 Å². The second-order valence-electron chi connectivity index (χ2n) is 5.64. The summed E-state index contributed by atoms with van der Waals surface area (Å²) < 4.78 is 0. The lowest BCUT2D eigenvalue weighted by atomic mass is 9.98. The molecule has 3 heteroatoms. The molecule has 0 bridgehead atoms. The summed E-state index contributed by atoms with van der Waals surface area (Å²) in [5, 5.41) is 12.4. The van der Waals surface area contributed by atoms with Crippen molar-refractivity contribution >= 4 is 5.97 Å². The van der Waals surface area contributed by atoms with E-state index >= 15 is 0 Å². The van der Waals surface area contributed by atoms with E-state index in [0.29, 0.717) is 0 Å². The molecule has 0 saturated carbocycles. The molecule has 0 radical (unpaired) electrons. The molecule has 0 heterocycles. The van der Waals surface area contributed by atoms with Crippen LogP contribution in [0.3, 0.4) is 0 Å². The molecule has 2 rings (SSSR count). The van der Waals surface area contributed by atoms with Crippen LogP contribution in [0.2, 0.25) is 0 Å². The molecule has 0 spiro atoms. The lowest BCUT2D eigenvalue weighted by Crippen LogP contribution is -2.42. The van der Waals surface area contributed by atoms with Gasteiger partial charge in [0, 0.05) is 6.04 Å². The van der Waals surface area contributed by atoms with Gasteiger partial charge in [-0.3, -0.25) is 4.79 Å². The predicted molar refractivity (Wildman–Crippen MR) is 88.9 cm³/mol. The Morgan fingerprint density at radius 2 is 1.55 bits per heavy atom. The van der Waals surface area contributed by atoms with Crippen molar-refractivity contribution in [3.8, 4) is 0 Å². The maximum atomic E-state index is 11.1. The number of aliphatic carboxylic acids is 1. The van der Waals surface area contributed by atoms with E-state index in [1.165, 1.54) is 11.1 Å². The third-order valence-electron chi connectivity index (χ3n) is 3.81. The Bertz CT molecular complexity index is 569. The lowest BCUT2D eigenvalue weighted by Gasteiger charge is -2.21. The van der Waals surface area contributed by atoms with Crippen LogP contribution >= 0.6 is 0 Å². The van der Waals surface area contributed by atoms with E-state index in [9.17, 15) is 4.79 Å². The molecular weight excluding hydrogens is 274 g/mol. The number of benzene rings is 2. The van der Waals surface area contributed by atoms with E-state index in [4.69, 9.17) is 5.11 Å². The summed E-state index contributed by atoms with van der Waals surface area (Å²) in [6, 6.07) is 20.1. The Balaban J connectivity index is 1.99. The molecule has 0 aromatic heterocycles. The number of rotatable bonds is 8. The third-order valence-corrected chi connectivity index (χ3v) is 3.81. The molecule has 22 heavy (non-hydrogen) atoms. The highest BCUT2D eigenvalue weighted by Gasteiger charge is 2.17. The van der Waals surface area contributed by atoms with E-state index in [0.717, 1.165) is 19.3 Å². The smallest absolute Gasteiger partial charge is 0.320 e. The number of nitrogens with one attached hydrogen (secondary N) is 1. The fourth-order valence-electron chi connectivity index (χ4n) is 2.55. The van der Waals surface area contributed by atoms with Gasteiger partial charge in [0.15, 0.2) is 0 Å². The summed E-state index contributed by atoms with van der Waals surface area (Å²) >= 11 is 0. The van der Waals surface area contributed by atoms with Crippen molar-refractivity contribution in [1.82, 2.24) is 5.32 Å². The second kappa shape index (κ2) is 8.35. The highest BCUT2D eigenvalue weighted by atomic mass is 16.4. The molecule has 116 valence electrons. The van der Waals surface area contributed by atoms with Crippen LogP contribution in [0.25, 0.3) is 0 Å². The first kappa shape index (κ1) is 16.2. The minimum absolute atomic E-state index is 0.147. The van der Waals surface area contributed by atoms with Gasteiger partial charge in [-0.2, -0.15) is 0 Å². The molecule has 0 saturated heterocycles. The second-order valence-corrected chi connectivity index (χ2v) is 5.64. The van der Waals surface area contributed by atoms with Crippen LogP contribution in [0.1, 0.15) is 24.5 Å². The number of hydrogen-bond donors (Lipinski definition) is 2.